The van der Waals surface area contributed by atoms with Gasteiger partial charge < -0.3 is 26.2 Å². The first-order valence-corrected chi connectivity index (χ1v) is 14.9. The van der Waals surface area contributed by atoms with Crippen LogP contribution in [0.2, 0.25) is 0 Å². The van der Waals surface area contributed by atoms with Crippen molar-refractivity contribution in [3.05, 3.63) is 73.0 Å². The monoisotopic (exact) mass is 567 g/mol. The van der Waals surface area contributed by atoms with Crippen LogP contribution in [-0.4, -0.2) is 68.4 Å². The normalized spacial score (nSPS) is 12.9. The van der Waals surface area contributed by atoms with Crippen LogP contribution in [-0.2, 0) is 20.8 Å². The van der Waals surface area contributed by atoms with E-state index in [4.69, 9.17) is 0 Å². The second-order valence-electron chi connectivity index (χ2n) is 10.6. The van der Waals surface area contributed by atoms with Gasteiger partial charge in [0.15, 0.2) is 0 Å². The first-order valence-electron chi connectivity index (χ1n) is 14.9. The van der Waals surface area contributed by atoms with E-state index in [1.807, 2.05) is 30.3 Å². The van der Waals surface area contributed by atoms with Crippen LogP contribution in [0, 0.1) is 0 Å². The zero-order valence-electron chi connectivity index (χ0n) is 25.8. The van der Waals surface area contributed by atoms with E-state index in [1.165, 1.54) is 0 Å². The number of nitrogens with zero attached hydrogens (tertiary/aromatic N) is 1. The number of allylic oxidation sites excluding steroid dienone is 1. The van der Waals surface area contributed by atoms with Gasteiger partial charge in [-0.3, -0.25) is 14.4 Å². The first kappa shape index (κ1) is 35.6. The predicted octanol–water partition coefficient (Wildman–Crippen LogP) is 4.25. The van der Waals surface area contributed by atoms with E-state index < -0.39 is 18.1 Å². The Labute approximate surface area is 248 Å². The molecule has 0 aliphatic heterocycles. The number of unbranched alkanes of at least 4 members (excludes halogenated alkanes) is 4. The molecular formula is C33H53N5O3. The third-order valence-corrected chi connectivity index (χ3v) is 7.34. The molecule has 0 spiro atoms. The Bertz CT molecular complexity index is 978. The molecule has 0 aromatic heterocycles. The summed E-state index contributed by atoms with van der Waals surface area (Å²) in [6, 6.07) is 8.24. The molecule has 3 unspecified atom stereocenters. The summed E-state index contributed by atoms with van der Waals surface area (Å²) in [6.45, 7) is 14.5. The highest BCUT2D eigenvalue weighted by molar-refractivity contribution is 5.90. The van der Waals surface area contributed by atoms with Crippen LogP contribution < -0.4 is 21.3 Å². The van der Waals surface area contributed by atoms with Crippen LogP contribution in [0.1, 0.15) is 70.3 Å². The molecule has 8 nitrogen and oxygen atoms in total. The van der Waals surface area contributed by atoms with E-state index in [0.29, 0.717) is 50.8 Å². The molecule has 0 heterocycles. The second-order valence-corrected chi connectivity index (χ2v) is 10.6. The standard InChI is InChI=1S/C33H53N5O3/c1-8-10-11-15-21-31(39)36-22-17-16-20-30(32(40)37-28(26(4)34-5)23-25(3)9-2)38(7)33(41)29(35-6)24-27-18-13-12-14-19-27/h9,12-14,18-19,28-30,34-35H,2-4,8,10-11,15-17,20-24H2,1,5-7H3,(H,36,39)(H,37,40). The topological polar surface area (TPSA) is 103 Å². The van der Waals surface area contributed by atoms with Crippen LogP contribution in [0.5, 0.6) is 0 Å². The summed E-state index contributed by atoms with van der Waals surface area (Å²) < 4.78 is 0. The SMILES string of the molecule is C=CC(=C)CC(NC(=O)C(CCCCNC(=O)CCCCCC)N(C)C(=O)C(Cc1ccccc1)NC)C(=C)NC. The summed E-state index contributed by atoms with van der Waals surface area (Å²) in [4.78, 5) is 41.0. The minimum atomic E-state index is -0.692. The molecule has 0 bridgehead atoms. The van der Waals surface area contributed by atoms with Crippen molar-refractivity contribution in [1.82, 2.24) is 26.2 Å². The van der Waals surface area contributed by atoms with Crippen LogP contribution in [0.25, 0.3) is 0 Å². The van der Waals surface area contributed by atoms with E-state index in [9.17, 15) is 14.4 Å². The minimum absolute atomic E-state index is 0.0660. The summed E-state index contributed by atoms with van der Waals surface area (Å²) >= 11 is 0. The largest absolute Gasteiger partial charge is 0.390 e. The van der Waals surface area contributed by atoms with E-state index in [2.05, 4.69) is 47.9 Å². The van der Waals surface area contributed by atoms with E-state index in [0.717, 1.165) is 36.8 Å². The van der Waals surface area contributed by atoms with Crippen molar-refractivity contribution in [2.75, 3.05) is 27.7 Å². The minimum Gasteiger partial charge on any atom is -0.390 e. The number of rotatable bonds is 22. The molecule has 0 saturated carbocycles. The fraction of sp³-hybridized carbons (Fsp3) is 0.545. The van der Waals surface area contributed by atoms with Crippen LogP contribution in [0.3, 0.4) is 0 Å². The van der Waals surface area contributed by atoms with Gasteiger partial charge in [-0.25, -0.2) is 0 Å². The average Bonchev–Trinajstić information content (AvgIpc) is 2.98. The second kappa shape index (κ2) is 20.5. The lowest BCUT2D eigenvalue weighted by molar-refractivity contribution is -0.141. The van der Waals surface area contributed by atoms with E-state index in [-0.39, 0.29) is 17.7 Å². The lowest BCUT2D eigenvalue weighted by Crippen LogP contribution is -2.55. The van der Waals surface area contributed by atoms with Crippen molar-refractivity contribution >= 4 is 17.7 Å². The number of benzene rings is 1. The van der Waals surface area contributed by atoms with Gasteiger partial charge >= 0.3 is 0 Å². The van der Waals surface area contributed by atoms with Crippen LogP contribution >= 0.6 is 0 Å². The molecule has 8 heteroatoms. The Kier molecular flexibility index (Phi) is 17.8. The number of likely N-dealkylation sites (N-methyl/N-ethyl adjacent to an activating group) is 3. The number of amides is 3. The Morgan fingerprint density at radius 3 is 2.29 bits per heavy atom. The van der Waals surface area contributed by atoms with Crippen molar-refractivity contribution in [1.29, 1.82) is 0 Å². The third kappa shape index (κ3) is 13.7. The predicted molar refractivity (Wildman–Crippen MR) is 169 cm³/mol. The summed E-state index contributed by atoms with van der Waals surface area (Å²) in [5.74, 6) is -0.346. The number of hydrogen-bond acceptors (Lipinski definition) is 5. The first-order chi connectivity index (χ1) is 19.7. The zero-order valence-corrected chi connectivity index (χ0v) is 25.8. The maximum Gasteiger partial charge on any atom is 0.243 e. The number of nitrogens with one attached hydrogen (secondary N) is 4. The van der Waals surface area contributed by atoms with Gasteiger partial charge in [-0.1, -0.05) is 87.9 Å². The summed E-state index contributed by atoms with van der Waals surface area (Å²) in [6.07, 6.45) is 9.28. The van der Waals surface area contributed by atoms with Crippen molar-refractivity contribution in [2.24, 2.45) is 0 Å². The van der Waals surface area contributed by atoms with Crippen molar-refractivity contribution in [2.45, 2.75) is 89.3 Å². The van der Waals surface area contributed by atoms with Gasteiger partial charge in [-0.05, 0) is 51.1 Å². The van der Waals surface area contributed by atoms with E-state index in [1.54, 1.807) is 32.1 Å². The molecule has 4 N–H and O–H groups in total. The van der Waals surface area contributed by atoms with Gasteiger partial charge in [0.1, 0.15) is 6.04 Å². The lowest BCUT2D eigenvalue weighted by Gasteiger charge is -2.32. The fourth-order valence-electron chi connectivity index (χ4n) is 4.60. The molecule has 3 amide bonds. The maximum absolute atomic E-state index is 13.7. The molecule has 0 radical (unpaired) electrons. The number of carbonyl (C=O) groups excluding carboxylic acids is 3. The number of hydrogen-bond donors (Lipinski definition) is 4. The van der Waals surface area contributed by atoms with Crippen molar-refractivity contribution < 1.29 is 14.4 Å². The molecule has 0 saturated heterocycles. The van der Waals surface area contributed by atoms with Gasteiger partial charge in [-0.2, -0.15) is 0 Å². The van der Waals surface area contributed by atoms with E-state index >= 15 is 0 Å². The van der Waals surface area contributed by atoms with Crippen LogP contribution in [0.4, 0.5) is 0 Å². The van der Waals surface area contributed by atoms with Crippen LogP contribution in [0.15, 0.2) is 67.4 Å². The molecular weight excluding hydrogens is 514 g/mol. The summed E-state index contributed by atoms with van der Waals surface area (Å²) in [7, 11) is 5.20. The van der Waals surface area contributed by atoms with Gasteiger partial charge in [0.2, 0.25) is 17.7 Å². The van der Waals surface area contributed by atoms with Gasteiger partial charge in [0.05, 0.1) is 12.1 Å². The highest BCUT2D eigenvalue weighted by Crippen LogP contribution is 2.15. The van der Waals surface area contributed by atoms with Gasteiger partial charge in [0.25, 0.3) is 0 Å². The summed E-state index contributed by atoms with van der Waals surface area (Å²) in [5, 5.41) is 12.2. The van der Waals surface area contributed by atoms with Gasteiger partial charge in [0, 0.05) is 32.8 Å². The van der Waals surface area contributed by atoms with Gasteiger partial charge in [-0.15, -0.1) is 0 Å². The molecule has 0 fully saturated rings. The smallest absolute Gasteiger partial charge is 0.243 e. The quantitative estimate of drug-likeness (QED) is 0.124. The molecule has 1 aromatic carbocycles. The molecule has 3 atom stereocenters. The van der Waals surface area contributed by atoms with Crippen molar-refractivity contribution in [3.8, 4) is 0 Å². The molecule has 228 valence electrons. The zero-order chi connectivity index (χ0) is 30.6. The fourth-order valence-corrected chi connectivity index (χ4v) is 4.60. The molecule has 0 aliphatic rings. The molecule has 1 rings (SSSR count). The highest BCUT2D eigenvalue weighted by Gasteiger charge is 2.32. The average molecular weight is 568 g/mol. The molecule has 0 aliphatic carbocycles. The number of carbonyl (C=O) groups is 3. The molecule has 41 heavy (non-hydrogen) atoms. The Morgan fingerprint density at radius 2 is 1.68 bits per heavy atom. The Hall–Kier alpha value is -3.39. The third-order valence-electron chi connectivity index (χ3n) is 7.34. The highest BCUT2D eigenvalue weighted by atomic mass is 16.2. The summed E-state index contributed by atoms with van der Waals surface area (Å²) in [5.41, 5.74) is 2.46. The lowest BCUT2D eigenvalue weighted by atomic mass is 10.0. The maximum atomic E-state index is 13.7. The van der Waals surface area contributed by atoms with Crippen molar-refractivity contribution in [3.63, 3.8) is 0 Å². The molecule has 1 aromatic rings. The Balaban J connectivity index is 2.94. The Morgan fingerprint density at radius 1 is 0.976 bits per heavy atom.